The zero-order valence-electron chi connectivity index (χ0n) is 22.8. The highest BCUT2D eigenvalue weighted by molar-refractivity contribution is 5.99. The lowest BCUT2D eigenvalue weighted by molar-refractivity contribution is -0.141. The first-order valence-corrected chi connectivity index (χ1v) is 13.5. The molecule has 2 aliphatic heterocycles. The Balaban J connectivity index is 1.69. The minimum absolute atomic E-state index is 0.0792. The lowest BCUT2D eigenvalue weighted by Gasteiger charge is -2.37. The molecule has 0 bridgehead atoms. The smallest absolute Gasteiger partial charge is 0.381 e. The number of aromatic nitrogens is 2. The fourth-order valence-electron chi connectivity index (χ4n) is 5.61. The average molecular weight is 548 g/mol. The number of hydrogen-bond acceptors (Lipinski definition) is 6. The summed E-state index contributed by atoms with van der Waals surface area (Å²) in [7, 11) is 0. The molecule has 8 nitrogen and oxygen atoms in total. The van der Waals surface area contributed by atoms with E-state index in [0.717, 1.165) is 36.7 Å². The van der Waals surface area contributed by atoms with E-state index >= 15 is 0 Å². The lowest BCUT2D eigenvalue weighted by Crippen LogP contribution is -2.50. The van der Waals surface area contributed by atoms with E-state index in [0.29, 0.717) is 37.1 Å². The van der Waals surface area contributed by atoms with E-state index in [2.05, 4.69) is 25.5 Å². The van der Waals surface area contributed by atoms with Gasteiger partial charge in [0.15, 0.2) is 5.69 Å². The molecule has 0 spiro atoms. The molecule has 2 aliphatic rings. The molecular formula is C28H36F3N5O3. The minimum atomic E-state index is -4.60. The maximum Gasteiger partial charge on any atom is 0.434 e. The zero-order valence-corrected chi connectivity index (χ0v) is 22.8. The average Bonchev–Trinajstić information content (AvgIpc) is 2.89. The number of ether oxygens (including phenoxy) is 1. The Bertz CT molecular complexity index is 1180. The summed E-state index contributed by atoms with van der Waals surface area (Å²) in [4.78, 5) is 35.9. The molecule has 1 aromatic carbocycles. The van der Waals surface area contributed by atoms with E-state index in [9.17, 15) is 22.8 Å². The standard InChI is InChI=1S/C28H36F3N5O3/c1-5-36(20-6-8-39-9-7-20)24-12-19(23-14-33-25(15-32-23)28(29,30)31)11-21(18(24)4)26(37)34-13-22-16(2)10-17(3)35-27(22)38/h11-12,14-17,20,22H,5-10,13H2,1-4H3,(H,34,37)(H,35,38). The van der Waals surface area contributed by atoms with Gasteiger partial charge in [0.05, 0.1) is 24.0 Å². The monoisotopic (exact) mass is 547 g/mol. The summed E-state index contributed by atoms with van der Waals surface area (Å²) in [5.41, 5.74) is 1.58. The van der Waals surface area contributed by atoms with Crippen LogP contribution in [0.15, 0.2) is 24.5 Å². The molecule has 4 rings (SSSR count). The van der Waals surface area contributed by atoms with Crippen molar-refractivity contribution >= 4 is 17.5 Å². The van der Waals surface area contributed by atoms with Crippen LogP contribution in [0.2, 0.25) is 0 Å². The summed E-state index contributed by atoms with van der Waals surface area (Å²) in [6.07, 6.45) is -0.336. The molecule has 3 heterocycles. The van der Waals surface area contributed by atoms with Crippen molar-refractivity contribution in [2.75, 3.05) is 31.2 Å². The second-order valence-electron chi connectivity index (χ2n) is 10.5. The second-order valence-corrected chi connectivity index (χ2v) is 10.5. The van der Waals surface area contributed by atoms with Gasteiger partial charge in [0, 0.05) is 55.2 Å². The van der Waals surface area contributed by atoms with Crippen molar-refractivity contribution in [3.05, 3.63) is 41.3 Å². The number of alkyl halides is 3. The van der Waals surface area contributed by atoms with Gasteiger partial charge in [-0.15, -0.1) is 0 Å². The summed E-state index contributed by atoms with van der Waals surface area (Å²) >= 11 is 0. The SMILES string of the molecule is CCN(c1cc(-c2cnc(C(F)(F)F)cn2)cc(C(=O)NCC2C(=O)NC(C)CC2C)c1C)C1CCOCC1. The molecule has 3 atom stereocenters. The first-order valence-electron chi connectivity index (χ1n) is 13.5. The normalized spacial score (nSPS) is 22.3. The van der Waals surface area contributed by atoms with Crippen LogP contribution in [-0.2, 0) is 15.7 Å². The van der Waals surface area contributed by atoms with Gasteiger partial charge in [0.1, 0.15) is 0 Å². The molecule has 3 unspecified atom stereocenters. The summed E-state index contributed by atoms with van der Waals surface area (Å²) in [5, 5.41) is 5.88. The Kier molecular flexibility index (Phi) is 8.78. The summed E-state index contributed by atoms with van der Waals surface area (Å²) in [6.45, 7) is 10.0. The number of benzene rings is 1. The van der Waals surface area contributed by atoms with Crippen LogP contribution in [-0.4, -0.2) is 60.2 Å². The highest BCUT2D eigenvalue weighted by Crippen LogP contribution is 2.34. The van der Waals surface area contributed by atoms with Crippen LogP contribution in [0.25, 0.3) is 11.3 Å². The van der Waals surface area contributed by atoms with Crippen molar-refractivity contribution in [2.45, 2.75) is 65.2 Å². The molecular weight excluding hydrogens is 511 g/mol. The third-order valence-electron chi connectivity index (χ3n) is 7.76. The number of amides is 2. The number of nitrogens with zero attached hydrogens (tertiary/aromatic N) is 3. The Morgan fingerprint density at radius 2 is 1.90 bits per heavy atom. The first-order chi connectivity index (χ1) is 18.5. The fraction of sp³-hybridized carbons (Fsp3) is 0.571. The van der Waals surface area contributed by atoms with Gasteiger partial charge in [0.25, 0.3) is 5.91 Å². The van der Waals surface area contributed by atoms with E-state index in [-0.39, 0.29) is 48.0 Å². The van der Waals surface area contributed by atoms with E-state index in [1.54, 1.807) is 6.07 Å². The van der Waals surface area contributed by atoms with Crippen molar-refractivity contribution in [3.8, 4) is 11.3 Å². The van der Waals surface area contributed by atoms with Gasteiger partial charge >= 0.3 is 6.18 Å². The molecule has 2 fully saturated rings. The maximum absolute atomic E-state index is 13.5. The van der Waals surface area contributed by atoms with Crippen molar-refractivity contribution in [3.63, 3.8) is 0 Å². The van der Waals surface area contributed by atoms with Crippen LogP contribution in [0.3, 0.4) is 0 Å². The maximum atomic E-state index is 13.5. The van der Waals surface area contributed by atoms with Gasteiger partial charge in [0.2, 0.25) is 5.91 Å². The fourth-order valence-corrected chi connectivity index (χ4v) is 5.61. The molecule has 0 aliphatic carbocycles. The molecule has 1 aromatic heterocycles. The van der Waals surface area contributed by atoms with Crippen LogP contribution in [0.1, 0.15) is 61.6 Å². The Morgan fingerprint density at radius 3 is 2.49 bits per heavy atom. The van der Waals surface area contributed by atoms with Crippen LogP contribution in [0, 0.1) is 18.8 Å². The highest BCUT2D eigenvalue weighted by Gasteiger charge is 2.34. The topological polar surface area (TPSA) is 96.5 Å². The van der Waals surface area contributed by atoms with Crippen LogP contribution in [0.4, 0.5) is 18.9 Å². The van der Waals surface area contributed by atoms with Crippen molar-refractivity contribution in [2.24, 2.45) is 11.8 Å². The third-order valence-corrected chi connectivity index (χ3v) is 7.76. The number of anilines is 1. The molecule has 0 saturated carbocycles. The van der Waals surface area contributed by atoms with Crippen LogP contribution >= 0.6 is 0 Å². The molecule has 2 saturated heterocycles. The number of nitrogens with one attached hydrogen (secondary N) is 2. The van der Waals surface area contributed by atoms with E-state index in [4.69, 9.17) is 4.74 Å². The first kappa shape index (κ1) is 28.8. The molecule has 0 radical (unpaired) electrons. The molecule has 2 N–H and O–H groups in total. The molecule has 212 valence electrons. The molecule has 11 heteroatoms. The quantitative estimate of drug-likeness (QED) is 0.535. The van der Waals surface area contributed by atoms with Crippen molar-refractivity contribution in [1.82, 2.24) is 20.6 Å². The van der Waals surface area contributed by atoms with Crippen molar-refractivity contribution in [1.29, 1.82) is 0 Å². The van der Waals surface area contributed by atoms with Crippen molar-refractivity contribution < 1.29 is 27.5 Å². The number of hydrogen-bond donors (Lipinski definition) is 2. The molecule has 2 amide bonds. The summed E-state index contributed by atoms with van der Waals surface area (Å²) < 4.78 is 44.8. The molecule has 2 aromatic rings. The van der Waals surface area contributed by atoms with Crippen LogP contribution < -0.4 is 15.5 Å². The highest BCUT2D eigenvalue weighted by atomic mass is 19.4. The second kappa shape index (κ2) is 11.9. The molecule has 39 heavy (non-hydrogen) atoms. The number of piperidine rings is 1. The Morgan fingerprint density at radius 1 is 1.18 bits per heavy atom. The number of rotatable bonds is 7. The van der Waals surface area contributed by atoms with Gasteiger partial charge in [-0.05, 0) is 63.6 Å². The minimum Gasteiger partial charge on any atom is -0.381 e. The van der Waals surface area contributed by atoms with Gasteiger partial charge in [-0.3, -0.25) is 14.6 Å². The predicted octanol–water partition coefficient (Wildman–Crippen LogP) is 4.37. The summed E-state index contributed by atoms with van der Waals surface area (Å²) in [6, 6.07) is 3.79. The van der Waals surface area contributed by atoms with Gasteiger partial charge in [-0.1, -0.05) is 6.92 Å². The number of halogens is 3. The van der Waals surface area contributed by atoms with Gasteiger partial charge in [-0.25, -0.2) is 4.98 Å². The Hall–Kier alpha value is -3.21. The van der Waals surface area contributed by atoms with Crippen LogP contribution in [0.5, 0.6) is 0 Å². The largest absolute Gasteiger partial charge is 0.434 e. The van der Waals surface area contributed by atoms with E-state index < -0.39 is 11.9 Å². The zero-order chi connectivity index (χ0) is 28.3. The van der Waals surface area contributed by atoms with Gasteiger partial charge < -0.3 is 20.3 Å². The van der Waals surface area contributed by atoms with E-state index in [1.807, 2.05) is 33.8 Å². The Labute approximate surface area is 226 Å². The number of carbonyl (C=O) groups is 2. The number of carbonyl (C=O) groups excluding carboxylic acids is 2. The van der Waals surface area contributed by atoms with E-state index in [1.165, 1.54) is 0 Å². The lowest BCUT2D eigenvalue weighted by atomic mass is 9.84. The van der Waals surface area contributed by atoms with Gasteiger partial charge in [-0.2, -0.15) is 13.2 Å². The predicted molar refractivity (Wildman–Crippen MR) is 141 cm³/mol. The summed E-state index contributed by atoms with van der Waals surface area (Å²) in [5.74, 6) is -0.659. The third kappa shape index (κ3) is 6.51.